The molecular weight excluding hydrogens is 253 g/mol. The van der Waals surface area contributed by atoms with Crippen LogP contribution in [0.5, 0.6) is 5.75 Å². The molecule has 0 spiro atoms. The first-order valence-electron chi connectivity index (χ1n) is 5.55. The zero-order valence-electron chi connectivity index (χ0n) is 10.4. The van der Waals surface area contributed by atoms with Gasteiger partial charge in [-0.05, 0) is 38.2 Å². The van der Waals surface area contributed by atoms with Gasteiger partial charge in [-0.25, -0.2) is 4.39 Å². The molecule has 2 rings (SSSR count). The van der Waals surface area contributed by atoms with E-state index in [1.807, 2.05) is 13.8 Å². The van der Waals surface area contributed by atoms with Crippen LogP contribution in [0.15, 0.2) is 18.2 Å². The van der Waals surface area contributed by atoms with Crippen LogP contribution in [0.4, 0.5) is 4.39 Å². The van der Waals surface area contributed by atoms with Crippen molar-refractivity contribution in [2.75, 3.05) is 7.11 Å². The number of rotatable bonds is 3. The third-order valence-corrected chi connectivity index (χ3v) is 2.93. The van der Waals surface area contributed by atoms with Crippen molar-refractivity contribution in [1.29, 1.82) is 0 Å². The van der Waals surface area contributed by atoms with Gasteiger partial charge in [0.25, 0.3) is 0 Å². The van der Waals surface area contributed by atoms with Gasteiger partial charge in [0, 0.05) is 12.1 Å². The van der Waals surface area contributed by atoms with Gasteiger partial charge in [0.15, 0.2) is 10.6 Å². The lowest BCUT2D eigenvalue weighted by Crippen LogP contribution is -2.04. The molecular formula is C12H14FN3OS. The summed E-state index contributed by atoms with van der Waals surface area (Å²) >= 11 is 5.14. The van der Waals surface area contributed by atoms with Crippen molar-refractivity contribution in [3.63, 3.8) is 0 Å². The minimum absolute atomic E-state index is 0.104. The second-order valence-corrected chi connectivity index (χ2v) is 4.55. The third-order valence-electron chi connectivity index (χ3n) is 2.64. The molecule has 1 heterocycles. The van der Waals surface area contributed by atoms with E-state index in [1.165, 1.54) is 13.2 Å². The Kier molecular flexibility index (Phi) is 3.47. The Balaban J connectivity index is 2.59. The van der Waals surface area contributed by atoms with Gasteiger partial charge >= 0.3 is 0 Å². The van der Waals surface area contributed by atoms with Crippen molar-refractivity contribution in [2.24, 2.45) is 0 Å². The summed E-state index contributed by atoms with van der Waals surface area (Å²) in [4.78, 5) is 0. The molecule has 1 aromatic carbocycles. The van der Waals surface area contributed by atoms with Crippen molar-refractivity contribution < 1.29 is 9.13 Å². The van der Waals surface area contributed by atoms with Crippen molar-refractivity contribution in [2.45, 2.75) is 19.9 Å². The molecule has 4 nitrogen and oxygen atoms in total. The van der Waals surface area contributed by atoms with Crippen LogP contribution in [0.2, 0.25) is 0 Å². The molecule has 0 aliphatic heterocycles. The summed E-state index contributed by atoms with van der Waals surface area (Å²) in [7, 11) is 1.50. The van der Waals surface area contributed by atoms with Crippen LogP contribution in [-0.2, 0) is 0 Å². The Morgan fingerprint density at radius 2 is 2.17 bits per heavy atom. The number of aromatic nitrogens is 3. The molecule has 0 aliphatic rings. The fourth-order valence-corrected chi connectivity index (χ4v) is 2.12. The van der Waals surface area contributed by atoms with Gasteiger partial charge in [-0.2, -0.15) is 5.10 Å². The van der Waals surface area contributed by atoms with Crippen molar-refractivity contribution in [1.82, 2.24) is 14.8 Å². The number of hydrogen-bond acceptors (Lipinski definition) is 3. The van der Waals surface area contributed by atoms with Crippen LogP contribution in [0.3, 0.4) is 0 Å². The zero-order chi connectivity index (χ0) is 13.3. The van der Waals surface area contributed by atoms with E-state index in [4.69, 9.17) is 17.0 Å². The van der Waals surface area contributed by atoms with Crippen LogP contribution in [0.1, 0.15) is 19.9 Å². The minimum atomic E-state index is -0.384. The van der Waals surface area contributed by atoms with Crippen LogP contribution in [0.25, 0.3) is 11.4 Å². The molecule has 6 heteroatoms. The Morgan fingerprint density at radius 1 is 1.44 bits per heavy atom. The van der Waals surface area contributed by atoms with Crippen LogP contribution < -0.4 is 4.74 Å². The number of aromatic amines is 1. The second kappa shape index (κ2) is 4.89. The number of halogens is 1. The number of H-pyrrole nitrogens is 1. The average molecular weight is 267 g/mol. The summed E-state index contributed by atoms with van der Waals surface area (Å²) in [6.45, 7) is 3.94. The van der Waals surface area contributed by atoms with Gasteiger partial charge in [-0.1, -0.05) is 0 Å². The third kappa shape index (κ3) is 2.15. The van der Waals surface area contributed by atoms with Crippen LogP contribution >= 0.6 is 12.2 Å². The molecule has 0 saturated carbocycles. The molecule has 0 atom stereocenters. The quantitative estimate of drug-likeness (QED) is 0.867. The number of nitrogens with zero attached hydrogens (tertiary/aromatic N) is 2. The van der Waals surface area contributed by atoms with E-state index >= 15 is 0 Å². The van der Waals surface area contributed by atoms with E-state index in [2.05, 4.69) is 10.2 Å². The highest BCUT2D eigenvalue weighted by atomic mass is 32.1. The van der Waals surface area contributed by atoms with E-state index < -0.39 is 0 Å². The number of nitrogens with one attached hydrogen (secondary N) is 1. The predicted octanol–water partition coefficient (Wildman–Crippen LogP) is 3.34. The van der Waals surface area contributed by atoms with E-state index in [0.29, 0.717) is 21.9 Å². The predicted molar refractivity (Wildman–Crippen MR) is 69.7 cm³/mol. The SMILES string of the molecule is COc1ccc(-c2n[nH]c(=S)n2C(C)C)c(F)c1. The summed E-state index contributed by atoms with van der Waals surface area (Å²) in [6, 6.07) is 4.77. The topological polar surface area (TPSA) is 42.8 Å². The highest BCUT2D eigenvalue weighted by Crippen LogP contribution is 2.26. The fourth-order valence-electron chi connectivity index (χ4n) is 1.78. The molecule has 1 N–H and O–H groups in total. The van der Waals surface area contributed by atoms with Crippen LogP contribution in [0, 0.1) is 10.6 Å². The lowest BCUT2D eigenvalue weighted by atomic mass is 10.2. The lowest BCUT2D eigenvalue weighted by Gasteiger charge is -2.11. The van der Waals surface area contributed by atoms with Gasteiger partial charge in [-0.15, -0.1) is 0 Å². The second-order valence-electron chi connectivity index (χ2n) is 4.16. The highest BCUT2D eigenvalue weighted by Gasteiger charge is 2.15. The standard InChI is InChI=1S/C12H14FN3OS/c1-7(2)16-11(14-15-12(16)18)9-5-4-8(17-3)6-10(9)13/h4-7H,1-3H3,(H,15,18). The van der Waals surface area contributed by atoms with Gasteiger partial charge < -0.3 is 4.74 Å². The Labute approximate surface area is 109 Å². The maximum atomic E-state index is 14.0. The molecule has 0 aliphatic carbocycles. The molecule has 96 valence electrons. The molecule has 0 amide bonds. The first-order chi connectivity index (χ1) is 8.54. The lowest BCUT2D eigenvalue weighted by molar-refractivity contribution is 0.411. The fraction of sp³-hybridized carbons (Fsp3) is 0.333. The highest BCUT2D eigenvalue weighted by molar-refractivity contribution is 7.71. The smallest absolute Gasteiger partial charge is 0.195 e. The van der Waals surface area contributed by atoms with Crippen molar-refractivity contribution >= 4 is 12.2 Å². The number of hydrogen-bond donors (Lipinski definition) is 1. The number of ether oxygens (including phenoxy) is 1. The molecule has 0 saturated heterocycles. The molecule has 2 aromatic rings. The summed E-state index contributed by atoms with van der Waals surface area (Å²) in [5.74, 6) is 0.585. The molecule has 1 aromatic heterocycles. The first-order valence-corrected chi connectivity index (χ1v) is 5.96. The van der Waals surface area contributed by atoms with E-state index in [-0.39, 0.29) is 11.9 Å². The Bertz CT molecular complexity index is 618. The van der Waals surface area contributed by atoms with Crippen molar-refractivity contribution in [3.05, 3.63) is 28.8 Å². The molecule has 0 unspecified atom stereocenters. The monoisotopic (exact) mass is 267 g/mol. The molecule has 0 bridgehead atoms. The van der Waals surface area contributed by atoms with Crippen molar-refractivity contribution in [3.8, 4) is 17.1 Å². The van der Waals surface area contributed by atoms with Gasteiger partial charge in [0.1, 0.15) is 11.6 Å². The maximum Gasteiger partial charge on any atom is 0.195 e. The van der Waals surface area contributed by atoms with Crippen LogP contribution in [-0.4, -0.2) is 21.9 Å². The number of benzene rings is 1. The summed E-state index contributed by atoms with van der Waals surface area (Å²) < 4.78 is 21.2. The molecule has 0 radical (unpaired) electrons. The first kappa shape index (κ1) is 12.8. The number of methoxy groups -OCH3 is 1. The van der Waals surface area contributed by atoms with Gasteiger partial charge in [-0.3, -0.25) is 9.67 Å². The Morgan fingerprint density at radius 3 is 2.72 bits per heavy atom. The Hall–Kier alpha value is -1.69. The van der Waals surface area contributed by atoms with E-state index in [0.717, 1.165) is 0 Å². The molecule has 0 fully saturated rings. The average Bonchev–Trinajstić information content (AvgIpc) is 2.70. The zero-order valence-corrected chi connectivity index (χ0v) is 11.2. The molecule has 18 heavy (non-hydrogen) atoms. The largest absolute Gasteiger partial charge is 0.497 e. The summed E-state index contributed by atoms with van der Waals surface area (Å²) in [5.41, 5.74) is 0.400. The summed E-state index contributed by atoms with van der Waals surface area (Å²) in [5, 5.41) is 6.78. The van der Waals surface area contributed by atoms with E-state index in [1.54, 1.807) is 16.7 Å². The normalized spacial score (nSPS) is 10.9. The van der Waals surface area contributed by atoms with Gasteiger partial charge in [0.2, 0.25) is 0 Å². The summed E-state index contributed by atoms with van der Waals surface area (Å²) in [6.07, 6.45) is 0. The van der Waals surface area contributed by atoms with Gasteiger partial charge in [0.05, 0.1) is 12.7 Å². The van der Waals surface area contributed by atoms with E-state index in [9.17, 15) is 4.39 Å². The maximum absolute atomic E-state index is 14.0. The minimum Gasteiger partial charge on any atom is -0.497 e.